The summed E-state index contributed by atoms with van der Waals surface area (Å²) in [7, 11) is 6.36. The predicted molar refractivity (Wildman–Crippen MR) is 69.2 cm³/mol. The molecule has 1 aliphatic rings. The average Bonchev–Trinajstić information content (AvgIpc) is 2.28. The fraction of sp³-hybridized carbons (Fsp3) is 0.923. The van der Waals surface area contributed by atoms with Crippen LogP contribution in [0, 0.1) is 5.92 Å². The minimum Gasteiger partial charge on any atom is -0.481 e. The number of carboxylic acid groups (broad SMARTS) is 1. The van der Waals surface area contributed by atoms with Crippen molar-refractivity contribution in [2.24, 2.45) is 5.92 Å². The Hall–Kier alpha value is -0.610. The van der Waals surface area contributed by atoms with Crippen LogP contribution >= 0.6 is 0 Å². The van der Waals surface area contributed by atoms with Crippen LogP contribution in [-0.4, -0.2) is 61.2 Å². The molecule has 1 rings (SSSR count). The maximum Gasteiger partial charge on any atom is 0.306 e. The summed E-state index contributed by atoms with van der Waals surface area (Å²) < 4.78 is 0. The van der Waals surface area contributed by atoms with Gasteiger partial charge in [0, 0.05) is 6.04 Å². The Bertz CT molecular complexity index is 236. The van der Waals surface area contributed by atoms with E-state index in [2.05, 4.69) is 30.9 Å². The van der Waals surface area contributed by atoms with E-state index < -0.39 is 5.97 Å². The molecule has 0 aromatic carbocycles. The van der Waals surface area contributed by atoms with E-state index in [1.165, 1.54) is 6.42 Å². The molecule has 100 valence electrons. The Morgan fingerprint density at radius 1 is 1.12 bits per heavy atom. The summed E-state index contributed by atoms with van der Waals surface area (Å²) in [5.41, 5.74) is 0. The summed E-state index contributed by atoms with van der Waals surface area (Å²) in [5, 5.41) is 8.95. The van der Waals surface area contributed by atoms with E-state index in [-0.39, 0.29) is 5.92 Å². The van der Waals surface area contributed by atoms with Gasteiger partial charge in [-0.05, 0) is 66.3 Å². The standard InChI is InChI=1S/C13H26N2O2/c1-14(2)9-4-10-15(3)12-7-5-11(6-8-12)13(16)17/h11-12H,4-10H2,1-3H3,(H,16,17). The van der Waals surface area contributed by atoms with E-state index in [1.807, 2.05) is 0 Å². The van der Waals surface area contributed by atoms with Gasteiger partial charge in [0.25, 0.3) is 0 Å². The molecule has 0 spiro atoms. The van der Waals surface area contributed by atoms with Crippen LogP contribution < -0.4 is 0 Å². The minimum atomic E-state index is -0.612. The van der Waals surface area contributed by atoms with Gasteiger partial charge in [0.1, 0.15) is 0 Å². The minimum absolute atomic E-state index is 0.0959. The van der Waals surface area contributed by atoms with Crippen molar-refractivity contribution in [3.63, 3.8) is 0 Å². The van der Waals surface area contributed by atoms with E-state index in [4.69, 9.17) is 5.11 Å². The van der Waals surface area contributed by atoms with Crippen molar-refractivity contribution >= 4 is 5.97 Å². The monoisotopic (exact) mass is 242 g/mol. The molecule has 0 unspecified atom stereocenters. The number of nitrogens with zero attached hydrogens (tertiary/aromatic N) is 2. The maximum absolute atomic E-state index is 10.9. The first kappa shape index (κ1) is 14.5. The number of hydrogen-bond acceptors (Lipinski definition) is 3. The summed E-state index contributed by atoms with van der Waals surface area (Å²) in [5.74, 6) is -0.708. The highest BCUT2D eigenvalue weighted by Gasteiger charge is 2.27. The molecule has 4 nitrogen and oxygen atoms in total. The van der Waals surface area contributed by atoms with Gasteiger partial charge in [-0.25, -0.2) is 0 Å². The van der Waals surface area contributed by atoms with Crippen molar-refractivity contribution in [1.29, 1.82) is 0 Å². The molecule has 0 amide bonds. The van der Waals surface area contributed by atoms with Gasteiger partial charge >= 0.3 is 5.97 Å². The van der Waals surface area contributed by atoms with E-state index in [9.17, 15) is 4.79 Å². The molecular formula is C13H26N2O2. The lowest BCUT2D eigenvalue weighted by molar-refractivity contribution is -0.143. The summed E-state index contributed by atoms with van der Waals surface area (Å²) in [6.07, 6.45) is 4.95. The number of carboxylic acids is 1. The van der Waals surface area contributed by atoms with Crippen molar-refractivity contribution in [3.8, 4) is 0 Å². The molecule has 17 heavy (non-hydrogen) atoms. The van der Waals surface area contributed by atoms with Gasteiger partial charge < -0.3 is 14.9 Å². The Balaban J connectivity index is 2.21. The second-order valence-electron chi connectivity index (χ2n) is 5.48. The second kappa shape index (κ2) is 6.97. The van der Waals surface area contributed by atoms with Crippen LogP contribution in [0.1, 0.15) is 32.1 Å². The smallest absolute Gasteiger partial charge is 0.306 e. The topological polar surface area (TPSA) is 43.8 Å². The lowest BCUT2D eigenvalue weighted by Gasteiger charge is -2.33. The summed E-state index contributed by atoms with van der Waals surface area (Å²) in [6.45, 7) is 2.23. The molecule has 0 saturated heterocycles. The molecule has 1 fully saturated rings. The van der Waals surface area contributed by atoms with Gasteiger partial charge in [0.05, 0.1) is 5.92 Å². The third-order valence-electron chi connectivity index (χ3n) is 3.79. The number of carbonyl (C=O) groups is 1. The summed E-state index contributed by atoms with van der Waals surface area (Å²) >= 11 is 0. The quantitative estimate of drug-likeness (QED) is 0.767. The fourth-order valence-corrected chi connectivity index (χ4v) is 2.58. The molecule has 0 bridgehead atoms. The molecule has 0 aliphatic heterocycles. The van der Waals surface area contributed by atoms with Crippen LogP contribution in [0.25, 0.3) is 0 Å². The van der Waals surface area contributed by atoms with Gasteiger partial charge in [0.2, 0.25) is 0 Å². The van der Waals surface area contributed by atoms with E-state index in [0.717, 1.165) is 38.8 Å². The van der Waals surface area contributed by atoms with Gasteiger partial charge in [-0.2, -0.15) is 0 Å². The van der Waals surface area contributed by atoms with Gasteiger partial charge in [-0.15, -0.1) is 0 Å². The zero-order valence-corrected chi connectivity index (χ0v) is 11.4. The first-order chi connectivity index (χ1) is 8.00. The fourth-order valence-electron chi connectivity index (χ4n) is 2.58. The van der Waals surface area contributed by atoms with Crippen LogP contribution in [0.2, 0.25) is 0 Å². The van der Waals surface area contributed by atoms with Crippen LogP contribution in [0.5, 0.6) is 0 Å². The maximum atomic E-state index is 10.9. The lowest BCUT2D eigenvalue weighted by Crippen LogP contribution is -2.37. The molecule has 0 aromatic rings. The normalized spacial score (nSPS) is 25.5. The molecule has 1 N–H and O–H groups in total. The van der Waals surface area contributed by atoms with Crippen molar-refractivity contribution < 1.29 is 9.90 Å². The highest BCUT2D eigenvalue weighted by Crippen LogP contribution is 2.27. The van der Waals surface area contributed by atoms with Crippen LogP contribution in [-0.2, 0) is 4.79 Å². The Labute approximate surface area is 105 Å². The van der Waals surface area contributed by atoms with Crippen LogP contribution in [0.15, 0.2) is 0 Å². The van der Waals surface area contributed by atoms with Gasteiger partial charge in [-0.1, -0.05) is 0 Å². The van der Waals surface area contributed by atoms with Crippen molar-refractivity contribution in [1.82, 2.24) is 9.80 Å². The first-order valence-corrected chi connectivity index (χ1v) is 6.58. The average molecular weight is 242 g/mol. The van der Waals surface area contributed by atoms with E-state index in [1.54, 1.807) is 0 Å². The van der Waals surface area contributed by atoms with Crippen molar-refractivity contribution in [2.45, 2.75) is 38.1 Å². The first-order valence-electron chi connectivity index (χ1n) is 6.58. The second-order valence-corrected chi connectivity index (χ2v) is 5.48. The zero-order chi connectivity index (χ0) is 12.8. The van der Waals surface area contributed by atoms with Gasteiger partial charge in [-0.3, -0.25) is 4.79 Å². The summed E-state index contributed by atoms with van der Waals surface area (Å²) in [4.78, 5) is 15.5. The lowest BCUT2D eigenvalue weighted by atomic mass is 9.85. The summed E-state index contributed by atoms with van der Waals surface area (Å²) in [6, 6.07) is 0.591. The van der Waals surface area contributed by atoms with Gasteiger partial charge in [0.15, 0.2) is 0 Å². The highest BCUT2D eigenvalue weighted by atomic mass is 16.4. The molecular weight excluding hydrogens is 216 g/mol. The van der Waals surface area contributed by atoms with E-state index in [0.29, 0.717) is 6.04 Å². The van der Waals surface area contributed by atoms with Crippen LogP contribution in [0.4, 0.5) is 0 Å². The largest absolute Gasteiger partial charge is 0.481 e. The van der Waals surface area contributed by atoms with Crippen molar-refractivity contribution in [2.75, 3.05) is 34.2 Å². The molecule has 0 heterocycles. The molecule has 4 heteroatoms. The zero-order valence-electron chi connectivity index (χ0n) is 11.4. The van der Waals surface area contributed by atoms with Crippen molar-refractivity contribution in [3.05, 3.63) is 0 Å². The third-order valence-corrected chi connectivity index (χ3v) is 3.79. The highest BCUT2D eigenvalue weighted by molar-refractivity contribution is 5.70. The predicted octanol–water partition coefficient (Wildman–Crippen LogP) is 1.51. The Kier molecular flexibility index (Phi) is 5.92. The molecule has 0 radical (unpaired) electrons. The number of rotatable bonds is 6. The number of hydrogen-bond donors (Lipinski definition) is 1. The molecule has 1 saturated carbocycles. The number of aliphatic carboxylic acids is 1. The van der Waals surface area contributed by atoms with E-state index >= 15 is 0 Å². The Morgan fingerprint density at radius 2 is 1.71 bits per heavy atom. The molecule has 1 aliphatic carbocycles. The Morgan fingerprint density at radius 3 is 2.18 bits per heavy atom. The third kappa shape index (κ3) is 5.04. The molecule has 0 atom stereocenters. The SMILES string of the molecule is CN(C)CCCN(C)C1CCC(C(=O)O)CC1. The van der Waals surface area contributed by atoms with Crippen LogP contribution in [0.3, 0.4) is 0 Å². The molecule has 0 aromatic heterocycles.